The lowest BCUT2D eigenvalue weighted by Gasteiger charge is -2.18. The molecule has 7 aromatic rings. The fourth-order valence-corrected chi connectivity index (χ4v) is 6.17. The van der Waals surface area contributed by atoms with Gasteiger partial charge in [0.25, 0.3) is 0 Å². The second kappa shape index (κ2) is 11.2. The van der Waals surface area contributed by atoms with Crippen LogP contribution in [0.15, 0.2) is 158 Å². The van der Waals surface area contributed by atoms with E-state index in [1.807, 2.05) is 12.1 Å². The van der Waals surface area contributed by atoms with E-state index in [0.717, 1.165) is 73.3 Å². The van der Waals surface area contributed by atoms with Gasteiger partial charge in [-0.2, -0.15) is 0 Å². The zero-order valence-electron chi connectivity index (χ0n) is 24.1. The minimum atomic E-state index is 0.346. The maximum atomic E-state index is 5.30. The lowest BCUT2D eigenvalue weighted by Crippen LogP contribution is -2.03. The third-order valence-corrected chi connectivity index (χ3v) is 8.43. The van der Waals surface area contributed by atoms with Gasteiger partial charge in [0.15, 0.2) is 5.82 Å². The molecule has 2 aromatic heterocycles. The smallest absolute Gasteiger partial charge is 0.160 e. The van der Waals surface area contributed by atoms with Gasteiger partial charge in [0, 0.05) is 33.4 Å². The summed E-state index contributed by atoms with van der Waals surface area (Å²) in [5, 5.41) is 2.07. The van der Waals surface area contributed by atoms with Crippen molar-refractivity contribution in [2.24, 2.45) is 0 Å². The van der Waals surface area contributed by atoms with Gasteiger partial charge in [-0.15, -0.1) is 0 Å². The van der Waals surface area contributed by atoms with Gasteiger partial charge in [-0.3, -0.25) is 0 Å². The molecule has 0 amide bonds. The lowest BCUT2D eigenvalue weighted by atomic mass is 9.90. The highest BCUT2D eigenvalue weighted by Crippen LogP contribution is 2.38. The number of allylic oxidation sites excluding steroid dienone is 4. The van der Waals surface area contributed by atoms with Crippen LogP contribution in [-0.2, 0) is 0 Å². The Morgan fingerprint density at radius 1 is 0.523 bits per heavy atom. The first-order valence-electron chi connectivity index (χ1n) is 15.1. The second-order valence-corrected chi connectivity index (χ2v) is 11.2. The van der Waals surface area contributed by atoms with Crippen molar-refractivity contribution < 1.29 is 0 Å². The summed E-state index contributed by atoms with van der Waals surface area (Å²) in [4.78, 5) is 15.8. The summed E-state index contributed by atoms with van der Waals surface area (Å²) in [7, 11) is 0. The maximum Gasteiger partial charge on any atom is 0.160 e. The molecule has 1 aliphatic rings. The molecule has 0 fully saturated rings. The van der Waals surface area contributed by atoms with Crippen molar-refractivity contribution in [2.45, 2.75) is 12.3 Å². The lowest BCUT2D eigenvalue weighted by molar-refractivity contribution is 0.855. The standard InChI is InChI=1S/C41H29N3/c1-5-13-28(14-6-1)29-21-23-33(24-22-29)41-43-38(32-19-11-4-12-20-32)35-26-25-34-36(30-15-7-2-8-16-30)27-37(31-17-9-3-10-18-31)42-39(34)40(35)44-41/h1-21,23-27,29H,22H2. The minimum absolute atomic E-state index is 0.346. The average molecular weight is 564 g/mol. The molecular weight excluding hydrogens is 534 g/mol. The van der Waals surface area contributed by atoms with E-state index in [2.05, 4.69) is 146 Å². The van der Waals surface area contributed by atoms with Gasteiger partial charge in [-0.25, -0.2) is 15.0 Å². The first-order valence-corrected chi connectivity index (χ1v) is 15.1. The average Bonchev–Trinajstić information content (AvgIpc) is 3.12. The van der Waals surface area contributed by atoms with Crippen molar-refractivity contribution in [2.75, 3.05) is 0 Å². The molecule has 3 heteroatoms. The van der Waals surface area contributed by atoms with E-state index in [4.69, 9.17) is 15.0 Å². The Bertz CT molecular complexity index is 2170. The highest BCUT2D eigenvalue weighted by Gasteiger charge is 2.19. The molecule has 208 valence electrons. The predicted octanol–water partition coefficient (Wildman–Crippen LogP) is 10.3. The third-order valence-electron chi connectivity index (χ3n) is 8.43. The number of hydrogen-bond acceptors (Lipinski definition) is 3. The molecule has 44 heavy (non-hydrogen) atoms. The van der Waals surface area contributed by atoms with Gasteiger partial charge >= 0.3 is 0 Å². The van der Waals surface area contributed by atoms with E-state index in [-0.39, 0.29) is 0 Å². The molecule has 0 N–H and O–H groups in total. The summed E-state index contributed by atoms with van der Waals surface area (Å²) in [6.45, 7) is 0. The van der Waals surface area contributed by atoms with Crippen LogP contribution in [0.3, 0.4) is 0 Å². The number of pyridine rings is 1. The van der Waals surface area contributed by atoms with E-state index in [1.54, 1.807) is 0 Å². The van der Waals surface area contributed by atoms with Crippen LogP contribution in [0.4, 0.5) is 0 Å². The molecule has 0 radical (unpaired) electrons. The van der Waals surface area contributed by atoms with Crippen molar-refractivity contribution in [3.05, 3.63) is 169 Å². The van der Waals surface area contributed by atoms with Gasteiger partial charge in [0.05, 0.1) is 16.9 Å². The molecule has 8 rings (SSSR count). The van der Waals surface area contributed by atoms with Crippen LogP contribution in [-0.4, -0.2) is 15.0 Å². The zero-order chi connectivity index (χ0) is 29.3. The SMILES string of the molecule is C1=CC(c2ccccc2)CC=C1c1nc(-c2ccccc2)c2ccc3c(-c4ccccc4)cc(-c4ccccc4)nc3c2n1. The Kier molecular flexibility index (Phi) is 6.62. The maximum absolute atomic E-state index is 5.30. The summed E-state index contributed by atoms with van der Waals surface area (Å²) in [5.74, 6) is 1.07. The topological polar surface area (TPSA) is 38.7 Å². The fraction of sp³-hybridized carbons (Fsp3) is 0.0488. The van der Waals surface area contributed by atoms with Crippen molar-refractivity contribution in [1.29, 1.82) is 0 Å². The molecule has 3 nitrogen and oxygen atoms in total. The van der Waals surface area contributed by atoms with Crippen molar-refractivity contribution in [1.82, 2.24) is 15.0 Å². The van der Waals surface area contributed by atoms with Crippen molar-refractivity contribution in [3.8, 4) is 33.6 Å². The predicted molar refractivity (Wildman–Crippen MR) is 182 cm³/mol. The molecule has 1 atom stereocenters. The first kappa shape index (κ1) is 26.0. The van der Waals surface area contributed by atoms with Crippen LogP contribution in [0.2, 0.25) is 0 Å². The zero-order valence-corrected chi connectivity index (χ0v) is 24.1. The summed E-state index contributed by atoms with van der Waals surface area (Å²) in [6.07, 6.45) is 7.64. The van der Waals surface area contributed by atoms with Crippen LogP contribution < -0.4 is 0 Å². The summed E-state index contributed by atoms with van der Waals surface area (Å²) < 4.78 is 0. The number of rotatable bonds is 5. The Morgan fingerprint density at radius 2 is 1.11 bits per heavy atom. The van der Waals surface area contributed by atoms with Crippen LogP contribution in [0, 0.1) is 0 Å². The largest absolute Gasteiger partial charge is 0.245 e. The summed E-state index contributed by atoms with van der Waals surface area (Å²) in [5.41, 5.74) is 10.4. The summed E-state index contributed by atoms with van der Waals surface area (Å²) >= 11 is 0. The van der Waals surface area contributed by atoms with Gasteiger partial charge < -0.3 is 0 Å². The van der Waals surface area contributed by atoms with E-state index >= 15 is 0 Å². The Labute approximate surface area is 256 Å². The highest BCUT2D eigenvalue weighted by atomic mass is 14.9. The second-order valence-electron chi connectivity index (χ2n) is 11.2. The molecule has 1 aliphatic carbocycles. The molecule has 0 saturated heterocycles. The van der Waals surface area contributed by atoms with E-state index < -0.39 is 0 Å². The number of fused-ring (bicyclic) bond motifs is 3. The Morgan fingerprint density at radius 3 is 1.77 bits per heavy atom. The molecule has 0 spiro atoms. The van der Waals surface area contributed by atoms with Gasteiger partial charge in [0.1, 0.15) is 5.52 Å². The number of hydrogen-bond donors (Lipinski definition) is 0. The van der Waals surface area contributed by atoms with Crippen molar-refractivity contribution >= 4 is 27.4 Å². The van der Waals surface area contributed by atoms with E-state index in [0.29, 0.717) is 5.92 Å². The minimum Gasteiger partial charge on any atom is -0.245 e. The van der Waals surface area contributed by atoms with Gasteiger partial charge in [0.2, 0.25) is 0 Å². The normalized spacial score (nSPS) is 14.5. The molecule has 1 unspecified atom stereocenters. The fourth-order valence-electron chi connectivity index (χ4n) is 6.17. The molecule has 0 saturated carbocycles. The number of nitrogens with zero attached hydrogens (tertiary/aromatic N) is 3. The van der Waals surface area contributed by atoms with Crippen molar-refractivity contribution in [3.63, 3.8) is 0 Å². The monoisotopic (exact) mass is 563 g/mol. The molecule has 5 aromatic carbocycles. The van der Waals surface area contributed by atoms with Gasteiger partial charge in [-0.1, -0.05) is 146 Å². The third kappa shape index (κ3) is 4.79. The highest BCUT2D eigenvalue weighted by molar-refractivity contribution is 6.12. The van der Waals surface area contributed by atoms with Crippen LogP contribution in [0.5, 0.6) is 0 Å². The molecule has 0 bridgehead atoms. The number of aromatic nitrogens is 3. The first-order chi connectivity index (χ1) is 21.8. The molecule has 2 heterocycles. The van der Waals surface area contributed by atoms with E-state index in [9.17, 15) is 0 Å². The van der Waals surface area contributed by atoms with Gasteiger partial charge in [-0.05, 0) is 35.2 Å². The Balaban J connectivity index is 1.38. The van der Waals surface area contributed by atoms with E-state index in [1.165, 1.54) is 5.56 Å². The Hall–Kier alpha value is -5.67. The number of benzene rings is 5. The molecule has 0 aliphatic heterocycles. The summed E-state index contributed by atoms with van der Waals surface area (Å²) in [6, 6.07) is 48.6. The quantitative estimate of drug-likeness (QED) is 0.196. The van der Waals surface area contributed by atoms with Crippen LogP contribution in [0.1, 0.15) is 23.7 Å². The molecular formula is C41H29N3. The van der Waals surface area contributed by atoms with Crippen LogP contribution >= 0.6 is 0 Å². The van der Waals surface area contributed by atoms with Crippen LogP contribution in [0.25, 0.3) is 61.0 Å².